The third kappa shape index (κ3) is 5.46. The summed E-state index contributed by atoms with van der Waals surface area (Å²) in [6.45, 7) is 5.32. The lowest BCUT2D eigenvalue weighted by Crippen LogP contribution is -2.31. The number of nitrogens with one attached hydrogen (secondary N) is 1. The number of rotatable bonds is 9. The molecule has 9 heteroatoms. The molecular formula is C27H32N6O3. The Morgan fingerprint density at radius 2 is 1.86 bits per heavy atom. The standard InChI is InChI=1S/C27H32N6O3/c1-18-13-19(2)33(30-18)12-11-31(3)27(35)22-15-21(28-25(34)14-20-9-7-6-8-10-20)16-23-26(22)32(4)24(29-23)17-36-5/h6-10,13,15-16H,11-12,14,17H2,1-5H3,(H,28,34). The predicted octanol–water partition coefficient (Wildman–Crippen LogP) is 3.49. The molecule has 0 aliphatic carbocycles. The Morgan fingerprint density at radius 3 is 2.53 bits per heavy atom. The Hall–Kier alpha value is -3.98. The summed E-state index contributed by atoms with van der Waals surface area (Å²) in [5.74, 6) is 0.372. The van der Waals surface area contributed by atoms with Crippen LogP contribution in [0.1, 0.15) is 33.1 Å². The summed E-state index contributed by atoms with van der Waals surface area (Å²) in [5, 5.41) is 7.43. The number of nitrogens with zero attached hydrogens (tertiary/aromatic N) is 5. The van der Waals surface area contributed by atoms with Crippen molar-refractivity contribution in [3.63, 3.8) is 0 Å². The lowest BCUT2D eigenvalue weighted by Gasteiger charge is -2.19. The fourth-order valence-corrected chi connectivity index (χ4v) is 4.33. The van der Waals surface area contributed by atoms with Crippen molar-refractivity contribution in [2.75, 3.05) is 26.0 Å². The second-order valence-corrected chi connectivity index (χ2v) is 9.00. The number of likely N-dealkylation sites (N-methyl/N-ethyl adjacent to an activating group) is 1. The zero-order valence-electron chi connectivity index (χ0n) is 21.4. The molecular weight excluding hydrogens is 456 g/mol. The number of hydrogen-bond donors (Lipinski definition) is 1. The fourth-order valence-electron chi connectivity index (χ4n) is 4.33. The van der Waals surface area contributed by atoms with Gasteiger partial charge in [-0.2, -0.15) is 5.10 Å². The van der Waals surface area contributed by atoms with Crippen molar-refractivity contribution in [2.24, 2.45) is 7.05 Å². The number of aryl methyl sites for hydroxylation is 3. The van der Waals surface area contributed by atoms with Gasteiger partial charge in [-0.25, -0.2) is 4.98 Å². The van der Waals surface area contributed by atoms with Crippen LogP contribution >= 0.6 is 0 Å². The third-order valence-corrected chi connectivity index (χ3v) is 6.15. The number of anilines is 1. The van der Waals surface area contributed by atoms with Crippen LogP contribution in [0.3, 0.4) is 0 Å². The van der Waals surface area contributed by atoms with E-state index in [2.05, 4.69) is 15.4 Å². The molecule has 2 amide bonds. The smallest absolute Gasteiger partial charge is 0.255 e. The highest BCUT2D eigenvalue weighted by Crippen LogP contribution is 2.26. The van der Waals surface area contributed by atoms with Gasteiger partial charge in [0.15, 0.2) is 0 Å². The number of aromatic nitrogens is 4. The van der Waals surface area contributed by atoms with Crippen LogP contribution < -0.4 is 5.32 Å². The van der Waals surface area contributed by atoms with Crippen LogP contribution in [-0.2, 0) is 36.2 Å². The number of ether oxygens (including phenoxy) is 1. The van der Waals surface area contributed by atoms with E-state index >= 15 is 0 Å². The number of fused-ring (bicyclic) bond motifs is 1. The lowest BCUT2D eigenvalue weighted by atomic mass is 10.1. The van der Waals surface area contributed by atoms with Gasteiger partial charge in [-0.1, -0.05) is 30.3 Å². The molecule has 0 spiro atoms. The van der Waals surface area contributed by atoms with E-state index in [1.807, 2.05) is 66.5 Å². The minimum Gasteiger partial charge on any atom is -0.377 e. The van der Waals surface area contributed by atoms with Gasteiger partial charge in [0.05, 0.1) is 35.3 Å². The normalized spacial score (nSPS) is 11.1. The van der Waals surface area contributed by atoms with Gasteiger partial charge in [0.1, 0.15) is 12.4 Å². The minimum absolute atomic E-state index is 0.160. The van der Waals surface area contributed by atoms with Gasteiger partial charge in [0, 0.05) is 39.1 Å². The summed E-state index contributed by atoms with van der Waals surface area (Å²) in [4.78, 5) is 32.7. The Balaban J connectivity index is 1.62. The van der Waals surface area contributed by atoms with Gasteiger partial charge >= 0.3 is 0 Å². The van der Waals surface area contributed by atoms with E-state index in [1.54, 1.807) is 31.2 Å². The van der Waals surface area contributed by atoms with E-state index in [-0.39, 0.29) is 18.2 Å². The van der Waals surface area contributed by atoms with Gasteiger partial charge in [-0.15, -0.1) is 0 Å². The van der Waals surface area contributed by atoms with Crippen LogP contribution in [0.25, 0.3) is 11.0 Å². The molecule has 0 saturated heterocycles. The SMILES string of the molecule is COCc1nc2cc(NC(=O)Cc3ccccc3)cc(C(=O)N(C)CCn3nc(C)cc3C)c2n1C. The topological polar surface area (TPSA) is 94.3 Å². The summed E-state index contributed by atoms with van der Waals surface area (Å²) in [5.41, 5.74) is 5.23. The first kappa shape index (κ1) is 25.1. The zero-order chi connectivity index (χ0) is 25.8. The van der Waals surface area contributed by atoms with Crippen molar-refractivity contribution in [1.82, 2.24) is 24.2 Å². The number of benzene rings is 2. The quantitative estimate of drug-likeness (QED) is 0.389. The summed E-state index contributed by atoms with van der Waals surface area (Å²) >= 11 is 0. The van der Waals surface area contributed by atoms with E-state index in [4.69, 9.17) is 4.74 Å². The number of imidazole rings is 1. The second-order valence-electron chi connectivity index (χ2n) is 9.00. The highest BCUT2D eigenvalue weighted by molar-refractivity contribution is 6.07. The number of methoxy groups -OCH3 is 1. The van der Waals surface area contributed by atoms with E-state index < -0.39 is 0 Å². The highest BCUT2D eigenvalue weighted by atomic mass is 16.5. The van der Waals surface area contributed by atoms with E-state index in [0.29, 0.717) is 47.8 Å². The molecule has 4 aromatic rings. The maximum absolute atomic E-state index is 13.6. The number of carbonyl (C=O) groups excluding carboxylic acids is 2. The number of hydrogen-bond acceptors (Lipinski definition) is 5. The monoisotopic (exact) mass is 488 g/mol. The summed E-state index contributed by atoms with van der Waals surface area (Å²) < 4.78 is 9.06. The largest absolute Gasteiger partial charge is 0.377 e. The molecule has 0 aliphatic rings. The van der Waals surface area contributed by atoms with Gasteiger partial charge in [-0.05, 0) is 37.6 Å². The molecule has 0 unspecified atom stereocenters. The first-order valence-corrected chi connectivity index (χ1v) is 11.9. The van der Waals surface area contributed by atoms with Crippen LogP contribution in [0, 0.1) is 13.8 Å². The molecule has 0 aliphatic heterocycles. The van der Waals surface area contributed by atoms with Crippen LogP contribution in [0.15, 0.2) is 48.5 Å². The average Bonchev–Trinajstić information content (AvgIpc) is 3.34. The molecule has 0 fully saturated rings. The van der Waals surface area contributed by atoms with Crippen molar-refractivity contribution >= 4 is 28.5 Å². The van der Waals surface area contributed by atoms with Crippen LogP contribution in [-0.4, -0.2) is 56.7 Å². The molecule has 0 atom stereocenters. The molecule has 2 aromatic carbocycles. The summed E-state index contributed by atoms with van der Waals surface area (Å²) in [6, 6.07) is 15.1. The fraction of sp³-hybridized carbons (Fsp3) is 0.333. The van der Waals surface area contributed by atoms with Gasteiger partial charge in [0.25, 0.3) is 5.91 Å². The molecule has 188 valence electrons. The van der Waals surface area contributed by atoms with Gasteiger partial charge in [0.2, 0.25) is 5.91 Å². The lowest BCUT2D eigenvalue weighted by molar-refractivity contribution is -0.115. The summed E-state index contributed by atoms with van der Waals surface area (Å²) in [7, 11) is 5.24. The highest BCUT2D eigenvalue weighted by Gasteiger charge is 2.22. The van der Waals surface area contributed by atoms with Crippen LogP contribution in [0.2, 0.25) is 0 Å². The molecule has 36 heavy (non-hydrogen) atoms. The van der Waals surface area contributed by atoms with E-state index in [0.717, 1.165) is 17.0 Å². The Bertz CT molecular complexity index is 1390. The summed E-state index contributed by atoms with van der Waals surface area (Å²) in [6.07, 6.45) is 0.238. The molecule has 0 bridgehead atoms. The average molecular weight is 489 g/mol. The Morgan fingerprint density at radius 1 is 1.11 bits per heavy atom. The van der Waals surface area contributed by atoms with Crippen molar-refractivity contribution in [3.05, 3.63) is 76.9 Å². The van der Waals surface area contributed by atoms with Gasteiger partial charge in [-0.3, -0.25) is 14.3 Å². The first-order valence-electron chi connectivity index (χ1n) is 11.9. The van der Waals surface area contributed by atoms with E-state index in [1.165, 1.54) is 0 Å². The predicted molar refractivity (Wildman–Crippen MR) is 139 cm³/mol. The van der Waals surface area contributed by atoms with Gasteiger partial charge < -0.3 is 19.5 Å². The zero-order valence-corrected chi connectivity index (χ0v) is 21.4. The molecule has 9 nitrogen and oxygen atoms in total. The van der Waals surface area contributed by atoms with E-state index in [9.17, 15) is 9.59 Å². The number of carbonyl (C=O) groups is 2. The molecule has 4 rings (SSSR count). The molecule has 2 heterocycles. The third-order valence-electron chi connectivity index (χ3n) is 6.15. The molecule has 0 radical (unpaired) electrons. The maximum atomic E-state index is 13.6. The van der Waals surface area contributed by atoms with Crippen molar-refractivity contribution in [2.45, 2.75) is 33.4 Å². The minimum atomic E-state index is -0.162. The number of amides is 2. The molecule has 2 aromatic heterocycles. The van der Waals surface area contributed by atoms with Crippen molar-refractivity contribution < 1.29 is 14.3 Å². The van der Waals surface area contributed by atoms with Crippen molar-refractivity contribution in [3.8, 4) is 0 Å². The Kier molecular flexibility index (Phi) is 7.49. The van der Waals surface area contributed by atoms with Crippen molar-refractivity contribution in [1.29, 1.82) is 0 Å². The second kappa shape index (κ2) is 10.7. The maximum Gasteiger partial charge on any atom is 0.255 e. The Labute approximate surface area is 210 Å². The molecule has 0 saturated carbocycles. The van der Waals surface area contributed by atoms with Crippen LogP contribution in [0.4, 0.5) is 5.69 Å². The first-order chi connectivity index (χ1) is 17.3. The van der Waals surface area contributed by atoms with Crippen LogP contribution in [0.5, 0.6) is 0 Å². The molecule has 1 N–H and O–H groups in total.